The number of nitrogens with one attached hydrogen (secondary N) is 2. The highest BCUT2D eigenvalue weighted by Crippen LogP contribution is 2.55. The van der Waals surface area contributed by atoms with Crippen LogP contribution in [-0.4, -0.2) is 58.5 Å². The number of hydrogen-bond acceptors (Lipinski definition) is 6. The number of nitrogens with zero attached hydrogens (tertiary/aromatic N) is 1. The molecule has 9 rings (SSSR count). The van der Waals surface area contributed by atoms with Crippen molar-refractivity contribution in [2.45, 2.75) is 95.2 Å². The molecule has 3 aromatic carbocycles. The highest BCUT2D eigenvalue weighted by molar-refractivity contribution is 5.76. The van der Waals surface area contributed by atoms with Crippen LogP contribution in [0.25, 0.3) is 11.1 Å². The van der Waals surface area contributed by atoms with Gasteiger partial charge in [0.15, 0.2) is 6.29 Å². The summed E-state index contributed by atoms with van der Waals surface area (Å²) in [4.78, 5) is 15.5. The Bertz CT molecular complexity index is 1570. The standard InChI is InChI=1S/C41H51N3O5/c1-26-37(24-44-15-14-35(46)23-44)48-39(49-38(26)32-8-6-27(25-45)7-9-32)33-12-10-31(11-13-33)36-5-3-2-4-34(36)22-42-40(47)43-41-19-28-16-29(20-41)18-30(17-28)21-41/h2-13,26,28-30,35,37-39,45-46H,14-25H2,1H3,(H2,42,43,47)/t26-,28?,29?,30?,35+,37+,38+,39+,41?/m1/s1. The van der Waals surface area contributed by atoms with Crippen molar-refractivity contribution >= 4 is 6.03 Å². The van der Waals surface area contributed by atoms with Crippen molar-refractivity contribution in [1.29, 1.82) is 0 Å². The molecule has 0 unspecified atom stereocenters. The average molecular weight is 666 g/mol. The molecule has 2 amide bonds. The number of likely N-dealkylation sites (tertiary alicyclic amines) is 1. The van der Waals surface area contributed by atoms with Gasteiger partial charge in [0.2, 0.25) is 0 Å². The van der Waals surface area contributed by atoms with E-state index in [1.165, 1.54) is 19.3 Å². The largest absolute Gasteiger partial charge is 0.392 e. The number of amides is 2. The lowest BCUT2D eigenvalue weighted by Crippen LogP contribution is -2.61. The first-order valence-corrected chi connectivity index (χ1v) is 18.5. The molecule has 8 heteroatoms. The minimum atomic E-state index is -0.546. The van der Waals surface area contributed by atoms with E-state index in [0.29, 0.717) is 13.1 Å². The highest BCUT2D eigenvalue weighted by Gasteiger charge is 2.51. The van der Waals surface area contributed by atoms with Gasteiger partial charge in [-0.15, -0.1) is 0 Å². The molecule has 4 saturated carbocycles. The molecule has 2 saturated heterocycles. The molecular weight excluding hydrogens is 614 g/mol. The molecule has 8 nitrogen and oxygen atoms in total. The number of β-amino-alcohol motifs (C(OH)–C–C–N with tert-alkyl or cyclic N) is 1. The van der Waals surface area contributed by atoms with E-state index in [-0.39, 0.29) is 42.4 Å². The quantitative estimate of drug-likeness (QED) is 0.209. The molecule has 2 aliphatic heterocycles. The van der Waals surface area contributed by atoms with Gasteiger partial charge in [-0.05, 0) is 90.5 Å². The molecule has 5 atom stereocenters. The summed E-state index contributed by atoms with van der Waals surface area (Å²) in [6, 6.07) is 24.6. The van der Waals surface area contributed by atoms with E-state index in [1.807, 2.05) is 36.4 Å². The van der Waals surface area contributed by atoms with Crippen LogP contribution in [0.4, 0.5) is 4.79 Å². The lowest BCUT2D eigenvalue weighted by molar-refractivity contribution is -0.276. The first-order valence-electron chi connectivity index (χ1n) is 18.5. The van der Waals surface area contributed by atoms with Gasteiger partial charge in [-0.2, -0.15) is 0 Å². The van der Waals surface area contributed by atoms with Gasteiger partial charge in [0, 0.05) is 43.2 Å². The van der Waals surface area contributed by atoms with Crippen LogP contribution in [0, 0.1) is 23.7 Å². The molecule has 49 heavy (non-hydrogen) atoms. The van der Waals surface area contributed by atoms with Gasteiger partial charge in [0.05, 0.1) is 24.9 Å². The lowest BCUT2D eigenvalue weighted by Gasteiger charge is -2.56. The van der Waals surface area contributed by atoms with E-state index in [1.54, 1.807) is 0 Å². The van der Waals surface area contributed by atoms with Crippen molar-refractivity contribution in [3.8, 4) is 11.1 Å². The number of carbonyl (C=O) groups excluding carboxylic acids is 1. The van der Waals surface area contributed by atoms with Crippen LogP contribution in [0.5, 0.6) is 0 Å². The topological polar surface area (TPSA) is 103 Å². The van der Waals surface area contributed by atoms with E-state index >= 15 is 0 Å². The molecule has 2 heterocycles. The van der Waals surface area contributed by atoms with Crippen molar-refractivity contribution in [1.82, 2.24) is 15.5 Å². The maximum Gasteiger partial charge on any atom is 0.315 e. The maximum absolute atomic E-state index is 13.2. The molecule has 0 radical (unpaired) electrons. The van der Waals surface area contributed by atoms with Crippen LogP contribution in [0.2, 0.25) is 0 Å². The van der Waals surface area contributed by atoms with Crippen LogP contribution in [-0.2, 0) is 22.6 Å². The smallest absolute Gasteiger partial charge is 0.315 e. The third-order valence-corrected chi connectivity index (χ3v) is 12.2. The third kappa shape index (κ3) is 7.04. The lowest BCUT2D eigenvalue weighted by atomic mass is 9.53. The van der Waals surface area contributed by atoms with Crippen LogP contribution in [0.3, 0.4) is 0 Å². The van der Waals surface area contributed by atoms with E-state index < -0.39 is 6.29 Å². The van der Waals surface area contributed by atoms with Gasteiger partial charge in [-0.1, -0.05) is 79.7 Å². The van der Waals surface area contributed by atoms with E-state index in [0.717, 1.165) is 89.9 Å². The summed E-state index contributed by atoms with van der Waals surface area (Å²) >= 11 is 0. The zero-order chi connectivity index (χ0) is 33.5. The SMILES string of the molecule is C[C@@H]1[C@H](CN2CC[C@H](O)C2)O[C@H](c2ccc(-c3ccccc3CNC(=O)NC34CC5CC(CC(C5)C3)C4)cc2)O[C@@H]1c1ccc(CO)cc1. The summed E-state index contributed by atoms with van der Waals surface area (Å²) in [6.45, 7) is 4.91. The molecule has 4 N–H and O–H groups in total. The summed E-state index contributed by atoms with van der Waals surface area (Å²) in [5.74, 6) is 2.46. The van der Waals surface area contributed by atoms with Gasteiger partial charge < -0.3 is 30.3 Å². The minimum absolute atomic E-state index is 0.00752. The summed E-state index contributed by atoms with van der Waals surface area (Å²) in [6.07, 6.45) is 7.20. The first-order chi connectivity index (χ1) is 23.8. The number of urea groups is 1. The number of aliphatic hydroxyl groups excluding tert-OH is 2. The van der Waals surface area contributed by atoms with Crippen LogP contribution < -0.4 is 10.6 Å². The van der Waals surface area contributed by atoms with Crippen LogP contribution in [0.15, 0.2) is 72.8 Å². The number of carbonyl (C=O) groups is 1. The maximum atomic E-state index is 13.2. The Labute approximate surface area is 290 Å². The van der Waals surface area contributed by atoms with E-state index in [9.17, 15) is 15.0 Å². The summed E-state index contributed by atoms with van der Waals surface area (Å²) < 4.78 is 13.4. The Morgan fingerprint density at radius 1 is 0.898 bits per heavy atom. The van der Waals surface area contributed by atoms with Crippen LogP contribution in [0.1, 0.15) is 86.5 Å². The fraction of sp³-hybridized carbons (Fsp3) is 0.537. The monoisotopic (exact) mass is 665 g/mol. The fourth-order valence-electron chi connectivity index (χ4n) is 10.1. The van der Waals surface area contributed by atoms with E-state index in [2.05, 4.69) is 58.9 Å². The van der Waals surface area contributed by atoms with Crippen molar-refractivity contribution in [3.63, 3.8) is 0 Å². The van der Waals surface area contributed by atoms with Gasteiger partial charge in [0.25, 0.3) is 0 Å². The Morgan fingerprint density at radius 3 is 2.22 bits per heavy atom. The van der Waals surface area contributed by atoms with Crippen molar-refractivity contribution in [3.05, 3.63) is 95.1 Å². The predicted octanol–water partition coefficient (Wildman–Crippen LogP) is 6.47. The number of aliphatic hydroxyl groups is 2. The summed E-state index contributed by atoms with van der Waals surface area (Å²) in [7, 11) is 0. The second kappa shape index (κ2) is 13.8. The average Bonchev–Trinajstić information content (AvgIpc) is 3.52. The van der Waals surface area contributed by atoms with Crippen molar-refractivity contribution in [2.75, 3.05) is 19.6 Å². The number of benzene rings is 3. The molecule has 260 valence electrons. The Morgan fingerprint density at radius 2 is 1.57 bits per heavy atom. The zero-order valence-corrected chi connectivity index (χ0v) is 28.6. The summed E-state index contributed by atoms with van der Waals surface area (Å²) in [5, 5.41) is 26.4. The zero-order valence-electron chi connectivity index (χ0n) is 28.6. The van der Waals surface area contributed by atoms with Gasteiger partial charge in [0.1, 0.15) is 0 Å². The van der Waals surface area contributed by atoms with Gasteiger partial charge in [-0.25, -0.2) is 4.79 Å². The van der Waals surface area contributed by atoms with Gasteiger partial charge >= 0.3 is 6.03 Å². The molecule has 0 spiro atoms. The van der Waals surface area contributed by atoms with Crippen LogP contribution >= 0.6 is 0 Å². The Balaban J connectivity index is 0.961. The third-order valence-electron chi connectivity index (χ3n) is 12.2. The fourth-order valence-corrected chi connectivity index (χ4v) is 10.1. The number of rotatable bonds is 9. The predicted molar refractivity (Wildman–Crippen MR) is 188 cm³/mol. The molecular formula is C41H51N3O5. The first kappa shape index (κ1) is 32.9. The molecule has 4 bridgehead atoms. The molecule has 6 fully saturated rings. The summed E-state index contributed by atoms with van der Waals surface area (Å²) in [5.41, 5.74) is 6.12. The minimum Gasteiger partial charge on any atom is -0.392 e. The Kier molecular flexibility index (Phi) is 9.27. The second-order valence-electron chi connectivity index (χ2n) is 15.8. The number of ether oxygens (including phenoxy) is 2. The molecule has 0 aromatic heterocycles. The molecule has 6 aliphatic rings. The van der Waals surface area contributed by atoms with E-state index in [4.69, 9.17) is 9.47 Å². The molecule has 3 aromatic rings. The Hall–Kier alpha value is -3.27. The second-order valence-corrected chi connectivity index (χ2v) is 15.8. The molecule has 4 aliphatic carbocycles. The number of hydrogen-bond donors (Lipinski definition) is 4. The van der Waals surface area contributed by atoms with Crippen molar-refractivity contribution in [2.24, 2.45) is 23.7 Å². The van der Waals surface area contributed by atoms with Gasteiger partial charge in [-0.3, -0.25) is 4.90 Å². The highest BCUT2D eigenvalue weighted by atomic mass is 16.7. The van der Waals surface area contributed by atoms with Crippen molar-refractivity contribution < 1.29 is 24.5 Å². The normalized spacial score (nSPS) is 33.9.